The first-order valence-corrected chi connectivity index (χ1v) is 25.6. The second-order valence-corrected chi connectivity index (χ2v) is 21.4. The molecule has 6 nitrogen and oxygen atoms in total. The summed E-state index contributed by atoms with van der Waals surface area (Å²) in [5, 5.41) is 2.51. The molecule has 0 spiro atoms. The summed E-state index contributed by atoms with van der Waals surface area (Å²) in [6.45, 7) is 18.3. The molecular weight excluding hydrogens is 862 g/mol. The number of anilines is 8. The first-order chi connectivity index (χ1) is 33.5. The SMILES string of the molecule is CC(C)N(c1ccccc1)c1cc2c3c(c1)N(C(C)C)c1ccccc1B3c1cc3c(cc1O2)sc1cc2c(cc13)B1c3ccccc3N(C(C)C)c3cc(N(c4ccccc4)C(C)C)cc(c31)O2. The van der Waals surface area contributed by atoms with E-state index in [9.17, 15) is 0 Å². The lowest BCUT2D eigenvalue weighted by Gasteiger charge is -2.43. The Morgan fingerprint density at radius 2 is 0.783 bits per heavy atom. The summed E-state index contributed by atoms with van der Waals surface area (Å²) in [5.41, 5.74) is 17.0. The summed E-state index contributed by atoms with van der Waals surface area (Å²) in [7, 11) is 0. The highest BCUT2D eigenvalue weighted by molar-refractivity contribution is 7.26. The lowest BCUT2D eigenvalue weighted by Crippen LogP contribution is -2.61. The quantitative estimate of drug-likeness (QED) is 0.141. The number of ether oxygens (including phenoxy) is 2. The van der Waals surface area contributed by atoms with Crippen LogP contribution in [0, 0.1) is 0 Å². The Hall–Kier alpha value is -7.09. The molecule has 0 saturated heterocycles. The molecule has 0 saturated carbocycles. The molecule has 4 aliphatic heterocycles. The van der Waals surface area contributed by atoms with Crippen molar-refractivity contribution in [1.82, 2.24) is 0 Å². The second kappa shape index (κ2) is 15.7. The smallest absolute Gasteiger partial charge is 0.256 e. The summed E-state index contributed by atoms with van der Waals surface area (Å²) in [4.78, 5) is 9.91. The maximum atomic E-state index is 7.24. The van der Waals surface area contributed by atoms with E-state index in [0.29, 0.717) is 0 Å². The second-order valence-electron chi connectivity index (χ2n) is 20.3. The molecule has 0 bridgehead atoms. The van der Waals surface area contributed by atoms with Crippen molar-refractivity contribution in [3.63, 3.8) is 0 Å². The Morgan fingerprint density at radius 1 is 0.391 bits per heavy atom. The number of benzene rings is 8. The molecule has 8 aromatic carbocycles. The minimum atomic E-state index is 0.000644. The molecule has 9 aromatic rings. The number of hydrogen-bond acceptors (Lipinski definition) is 7. The Morgan fingerprint density at radius 3 is 1.17 bits per heavy atom. The van der Waals surface area contributed by atoms with Crippen LogP contribution >= 0.6 is 11.3 Å². The van der Waals surface area contributed by atoms with E-state index in [1.165, 1.54) is 75.7 Å². The Labute approximate surface area is 410 Å². The highest BCUT2D eigenvalue weighted by Gasteiger charge is 2.45. The van der Waals surface area contributed by atoms with Crippen LogP contribution in [0.3, 0.4) is 0 Å². The van der Waals surface area contributed by atoms with Crippen LogP contribution in [0.1, 0.15) is 55.4 Å². The van der Waals surface area contributed by atoms with Gasteiger partial charge in [0.05, 0.1) is 0 Å². The minimum absolute atomic E-state index is 0.000644. The van der Waals surface area contributed by atoms with Crippen molar-refractivity contribution in [3.05, 3.63) is 158 Å². The predicted octanol–water partition coefficient (Wildman–Crippen LogP) is 12.1. The van der Waals surface area contributed by atoms with Crippen molar-refractivity contribution >= 4 is 123 Å². The van der Waals surface area contributed by atoms with Gasteiger partial charge in [-0.3, -0.25) is 0 Å². The highest BCUT2D eigenvalue weighted by atomic mass is 32.1. The van der Waals surface area contributed by atoms with Gasteiger partial charge in [0.1, 0.15) is 23.0 Å². The first-order valence-electron chi connectivity index (χ1n) is 24.7. The summed E-state index contributed by atoms with van der Waals surface area (Å²) < 4.78 is 16.9. The van der Waals surface area contributed by atoms with Gasteiger partial charge in [0.2, 0.25) is 0 Å². The maximum Gasteiger partial charge on any atom is 0.256 e. The largest absolute Gasteiger partial charge is 0.458 e. The van der Waals surface area contributed by atoms with E-state index in [1.54, 1.807) is 0 Å². The van der Waals surface area contributed by atoms with Gasteiger partial charge in [-0.25, -0.2) is 0 Å². The fraction of sp³-hybridized carbons (Fsp3) is 0.200. The fourth-order valence-corrected chi connectivity index (χ4v) is 13.4. The summed E-state index contributed by atoms with van der Waals surface area (Å²) in [5.74, 6) is 3.70. The molecular formula is C60H54B2N4O2S. The molecule has 0 fully saturated rings. The van der Waals surface area contributed by atoms with E-state index < -0.39 is 0 Å². The average Bonchev–Trinajstić information content (AvgIpc) is 3.68. The van der Waals surface area contributed by atoms with Crippen LogP contribution in [0.25, 0.3) is 20.2 Å². The van der Waals surface area contributed by atoms with Gasteiger partial charge >= 0.3 is 0 Å². The van der Waals surface area contributed by atoms with Gasteiger partial charge in [-0.1, -0.05) is 84.9 Å². The Kier molecular flexibility index (Phi) is 9.58. The Balaban J connectivity index is 1.00. The first kappa shape index (κ1) is 42.0. The number of hydrogen-bond donors (Lipinski definition) is 0. The monoisotopic (exact) mass is 916 g/mol. The van der Waals surface area contributed by atoms with Crippen LogP contribution in [-0.4, -0.2) is 37.6 Å². The molecule has 0 amide bonds. The van der Waals surface area contributed by atoms with Gasteiger partial charge in [0.25, 0.3) is 13.4 Å². The van der Waals surface area contributed by atoms with Crippen LogP contribution in [-0.2, 0) is 0 Å². The van der Waals surface area contributed by atoms with Gasteiger partial charge in [0.15, 0.2) is 0 Å². The van der Waals surface area contributed by atoms with Crippen molar-refractivity contribution in [3.8, 4) is 23.0 Å². The summed E-state index contributed by atoms with van der Waals surface area (Å²) >= 11 is 1.83. The molecule has 13 rings (SSSR count). The van der Waals surface area contributed by atoms with Gasteiger partial charge in [-0.2, -0.15) is 0 Å². The van der Waals surface area contributed by atoms with E-state index in [0.717, 1.165) is 45.7 Å². The Bertz CT molecular complexity index is 3300. The van der Waals surface area contributed by atoms with Crippen LogP contribution in [0.2, 0.25) is 0 Å². The van der Waals surface area contributed by atoms with E-state index in [2.05, 4.69) is 233 Å². The average molecular weight is 917 g/mol. The predicted molar refractivity (Wildman–Crippen MR) is 297 cm³/mol. The van der Waals surface area contributed by atoms with E-state index >= 15 is 0 Å². The van der Waals surface area contributed by atoms with Crippen molar-refractivity contribution in [2.75, 3.05) is 19.6 Å². The molecule has 0 N–H and O–H groups in total. The zero-order valence-corrected chi connectivity index (χ0v) is 41.3. The highest BCUT2D eigenvalue weighted by Crippen LogP contribution is 2.47. The van der Waals surface area contributed by atoms with E-state index in [-0.39, 0.29) is 37.6 Å². The van der Waals surface area contributed by atoms with Crippen LogP contribution in [0.4, 0.5) is 45.5 Å². The topological polar surface area (TPSA) is 31.4 Å². The number of fused-ring (bicyclic) bond motifs is 11. The molecule has 0 atom stereocenters. The molecule has 0 radical (unpaired) electrons. The zero-order valence-electron chi connectivity index (χ0n) is 40.5. The lowest BCUT2D eigenvalue weighted by molar-refractivity contribution is 0.487. The van der Waals surface area contributed by atoms with Gasteiger partial charge in [0, 0.05) is 102 Å². The molecule has 5 heterocycles. The number of thiophene rings is 1. The minimum Gasteiger partial charge on any atom is -0.458 e. The summed E-state index contributed by atoms with van der Waals surface area (Å²) in [6.07, 6.45) is 0. The molecule has 1 aromatic heterocycles. The third kappa shape index (κ3) is 6.32. The van der Waals surface area contributed by atoms with Crippen LogP contribution in [0.5, 0.6) is 23.0 Å². The molecule has 338 valence electrons. The van der Waals surface area contributed by atoms with E-state index in [4.69, 9.17) is 9.47 Å². The van der Waals surface area contributed by atoms with Crippen LogP contribution in [0.15, 0.2) is 158 Å². The van der Waals surface area contributed by atoms with Crippen molar-refractivity contribution in [2.45, 2.75) is 79.6 Å². The third-order valence-corrected chi connectivity index (χ3v) is 15.9. The summed E-state index contributed by atoms with van der Waals surface area (Å²) in [6, 6.07) is 59.4. The normalized spacial score (nSPS) is 13.9. The molecule has 4 aliphatic rings. The molecule has 0 unspecified atom stereocenters. The van der Waals surface area contributed by atoms with Gasteiger partial charge in [-0.05, 0) is 149 Å². The third-order valence-electron chi connectivity index (χ3n) is 14.8. The molecule has 69 heavy (non-hydrogen) atoms. The lowest BCUT2D eigenvalue weighted by atomic mass is 9.34. The van der Waals surface area contributed by atoms with Crippen molar-refractivity contribution in [2.24, 2.45) is 0 Å². The standard InChI is InChI=1S/C60H54B2N4O2S/c1-35(2)63(39-19-11-9-12-20-39)41-27-51-59-55(29-41)67-53-33-57-43(31-47(53)61(59)45-23-15-17-25-49(45)65(51)37(5)6)44-32-48-54(34-58(44)69-57)68-56-30-42(64(36(3)4)40-21-13-10-14-22-40)28-52-60(56)62(48)46-24-16-18-26-50(46)66(52)38(7)8/h9-38H,1-8H3. The maximum absolute atomic E-state index is 7.24. The molecule has 0 aliphatic carbocycles. The van der Waals surface area contributed by atoms with E-state index in [1.807, 2.05) is 11.3 Å². The van der Waals surface area contributed by atoms with Gasteiger partial charge < -0.3 is 29.1 Å². The van der Waals surface area contributed by atoms with Crippen molar-refractivity contribution < 1.29 is 9.47 Å². The van der Waals surface area contributed by atoms with Crippen molar-refractivity contribution in [1.29, 1.82) is 0 Å². The number of rotatable bonds is 8. The zero-order chi connectivity index (χ0) is 47.0. The number of para-hydroxylation sites is 4. The van der Waals surface area contributed by atoms with Gasteiger partial charge in [-0.15, -0.1) is 11.3 Å². The fourth-order valence-electron chi connectivity index (χ4n) is 12.2. The molecule has 9 heteroatoms. The number of nitrogens with zero attached hydrogens (tertiary/aromatic N) is 4. The van der Waals surface area contributed by atoms with Crippen LogP contribution < -0.4 is 61.9 Å².